The van der Waals surface area contributed by atoms with Gasteiger partial charge in [-0.2, -0.15) is 5.10 Å². The fourth-order valence-corrected chi connectivity index (χ4v) is 4.18. The molecule has 0 unspecified atom stereocenters. The lowest BCUT2D eigenvalue weighted by atomic mass is 10.1. The largest absolute Gasteiger partial charge is 0.310 e. The van der Waals surface area contributed by atoms with E-state index in [2.05, 4.69) is 45.7 Å². The summed E-state index contributed by atoms with van der Waals surface area (Å²) in [7, 11) is 0. The van der Waals surface area contributed by atoms with E-state index in [4.69, 9.17) is 0 Å². The normalized spacial score (nSPS) is 10.9. The molecule has 8 heteroatoms. The third-order valence-electron chi connectivity index (χ3n) is 4.88. The average molecular weight is 433 g/mol. The number of anilines is 1. The van der Waals surface area contributed by atoms with Crippen molar-refractivity contribution in [3.05, 3.63) is 83.3 Å². The lowest BCUT2D eigenvalue weighted by molar-refractivity contribution is -0.113. The SMILES string of the molecule is Cc1cccc(Cn2nccc2NC(=O)CSc2nnc(C)n2-c2ccccc2C)c1. The molecule has 0 spiro atoms. The minimum atomic E-state index is -0.118. The fraction of sp³-hybridized carbons (Fsp3) is 0.217. The summed E-state index contributed by atoms with van der Waals surface area (Å²) in [5.41, 5.74) is 4.47. The number of benzene rings is 2. The molecule has 0 aliphatic carbocycles. The summed E-state index contributed by atoms with van der Waals surface area (Å²) in [5, 5.41) is 16.5. The molecular weight excluding hydrogens is 408 g/mol. The molecule has 1 N–H and O–H groups in total. The van der Waals surface area contributed by atoms with Gasteiger partial charge in [0, 0.05) is 6.07 Å². The van der Waals surface area contributed by atoms with E-state index in [0.717, 1.165) is 22.6 Å². The van der Waals surface area contributed by atoms with Gasteiger partial charge in [0.05, 0.1) is 24.2 Å². The second-order valence-corrected chi connectivity index (χ2v) is 8.29. The van der Waals surface area contributed by atoms with Crippen molar-refractivity contribution in [2.24, 2.45) is 0 Å². The molecule has 31 heavy (non-hydrogen) atoms. The molecule has 0 saturated carbocycles. The van der Waals surface area contributed by atoms with Crippen molar-refractivity contribution < 1.29 is 4.79 Å². The van der Waals surface area contributed by atoms with Crippen LogP contribution in [0.4, 0.5) is 5.82 Å². The van der Waals surface area contributed by atoms with Crippen LogP contribution in [0.15, 0.2) is 66.0 Å². The minimum absolute atomic E-state index is 0.118. The number of rotatable bonds is 7. The number of thioether (sulfide) groups is 1. The van der Waals surface area contributed by atoms with Crippen molar-refractivity contribution in [2.75, 3.05) is 11.1 Å². The summed E-state index contributed by atoms with van der Waals surface area (Å²) >= 11 is 1.36. The summed E-state index contributed by atoms with van der Waals surface area (Å²) in [6, 6.07) is 18.1. The number of hydrogen-bond acceptors (Lipinski definition) is 5. The Labute approximate surface area is 185 Å². The topological polar surface area (TPSA) is 77.6 Å². The van der Waals surface area contributed by atoms with Gasteiger partial charge in [-0.05, 0) is 38.0 Å². The van der Waals surface area contributed by atoms with Crippen LogP contribution in [0.1, 0.15) is 22.5 Å². The van der Waals surface area contributed by atoms with E-state index in [9.17, 15) is 4.79 Å². The molecule has 0 fully saturated rings. The fourth-order valence-electron chi connectivity index (χ4n) is 3.39. The first-order valence-electron chi connectivity index (χ1n) is 9.99. The quantitative estimate of drug-likeness (QED) is 0.444. The number of carbonyl (C=O) groups is 1. The summed E-state index contributed by atoms with van der Waals surface area (Å²) in [6.45, 7) is 6.61. The highest BCUT2D eigenvalue weighted by Gasteiger charge is 2.15. The first kappa shape index (κ1) is 20.9. The van der Waals surface area contributed by atoms with Crippen LogP contribution >= 0.6 is 11.8 Å². The van der Waals surface area contributed by atoms with E-state index in [1.165, 1.54) is 17.3 Å². The van der Waals surface area contributed by atoms with Gasteiger partial charge in [-0.25, -0.2) is 4.68 Å². The van der Waals surface area contributed by atoms with Gasteiger partial charge < -0.3 is 5.32 Å². The third kappa shape index (κ3) is 4.86. The van der Waals surface area contributed by atoms with Crippen LogP contribution in [0, 0.1) is 20.8 Å². The van der Waals surface area contributed by atoms with Crippen LogP contribution in [-0.4, -0.2) is 36.2 Å². The van der Waals surface area contributed by atoms with Gasteiger partial charge in [0.15, 0.2) is 5.16 Å². The second-order valence-electron chi connectivity index (χ2n) is 7.35. The van der Waals surface area contributed by atoms with Gasteiger partial charge in [0.25, 0.3) is 0 Å². The molecule has 4 aromatic rings. The van der Waals surface area contributed by atoms with Gasteiger partial charge in [-0.1, -0.05) is 59.8 Å². The minimum Gasteiger partial charge on any atom is -0.310 e. The van der Waals surface area contributed by atoms with Crippen LogP contribution in [0.3, 0.4) is 0 Å². The molecule has 4 rings (SSSR count). The number of aromatic nitrogens is 5. The molecule has 0 saturated heterocycles. The van der Waals surface area contributed by atoms with Crippen molar-refractivity contribution in [1.29, 1.82) is 0 Å². The molecule has 0 bridgehead atoms. The zero-order valence-electron chi connectivity index (χ0n) is 17.7. The van der Waals surface area contributed by atoms with Crippen molar-refractivity contribution in [3.63, 3.8) is 0 Å². The van der Waals surface area contributed by atoms with Gasteiger partial charge in [-0.15, -0.1) is 10.2 Å². The highest BCUT2D eigenvalue weighted by molar-refractivity contribution is 7.99. The average Bonchev–Trinajstić information content (AvgIpc) is 3.33. The Balaban J connectivity index is 1.43. The predicted molar refractivity (Wildman–Crippen MR) is 123 cm³/mol. The van der Waals surface area contributed by atoms with Crippen molar-refractivity contribution in [1.82, 2.24) is 24.5 Å². The number of para-hydroxylation sites is 1. The highest BCUT2D eigenvalue weighted by Crippen LogP contribution is 2.24. The molecule has 158 valence electrons. The lowest BCUT2D eigenvalue weighted by Crippen LogP contribution is -2.18. The van der Waals surface area contributed by atoms with Gasteiger partial charge in [0.1, 0.15) is 11.6 Å². The molecule has 0 atom stereocenters. The Morgan fingerprint density at radius 1 is 1.03 bits per heavy atom. The molecule has 2 aromatic carbocycles. The predicted octanol–water partition coefficient (Wildman–Crippen LogP) is 4.17. The van der Waals surface area contributed by atoms with E-state index in [1.54, 1.807) is 16.9 Å². The molecule has 2 heterocycles. The van der Waals surface area contributed by atoms with Crippen molar-refractivity contribution in [3.8, 4) is 5.69 Å². The van der Waals surface area contributed by atoms with Crippen LogP contribution in [0.5, 0.6) is 0 Å². The molecular formula is C23H24N6OS. The zero-order chi connectivity index (χ0) is 21.8. The van der Waals surface area contributed by atoms with E-state index >= 15 is 0 Å². The molecule has 2 aromatic heterocycles. The number of nitrogens with zero attached hydrogens (tertiary/aromatic N) is 5. The van der Waals surface area contributed by atoms with Crippen LogP contribution in [0.25, 0.3) is 5.69 Å². The Morgan fingerprint density at radius 3 is 2.68 bits per heavy atom. The smallest absolute Gasteiger partial charge is 0.235 e. The maximum Gasteiger partial charge on any atom is 0.235 e. The van der Waals surface area contributed by atoms with E-state index in [1.807, 2.05) is 48.7 Å². The van der Waals surface area contributed by atoms with Crippen LogP contribution < -0.4 is 5.32 Å². The number of hydrogen-bond donors (Lipinski definition) is 1. The molecule has 1 amide bonds. The summed E-state index contributed by atoms with van der Waals surface area (Å²) in [5.74, 6) is 1.56. The Bertz CT molecular complexity index is 1210. The molecule has 0 radical (unpaired) electrons. The van der Waals surface area contributed by atoms with Gasteiger partial charge >= 0.3 is 0 Å². The first-order chi connectivity index (χ1) is 15.0. The number of nitrogens with one attached hydrogen (secondary N) is 1. The first-order valence-corrected chi connectivity index (χ1v) is 11.0. The third-order valence-corrected chi connectivity index (χ3v) is 5.81. The number of aryl methyl sites for hydroxylation is 3. The van der Waals surface area contributed by atoms with Crippen molar-refractivity contribution >= 4 is 23.5 Å². The van der Waals surface area contributed by atoms with Crippen LogP contribution in [-0.2, 0) is 11.3 Å². The molecule has 7 nitrogen and oxygen atoms in total. The maximum atomic E-state index is 12.6. The summed E-state index contributed by atoms with van der Waals surface area (Å²) in [4.78, 5) is 12.6. The van der Waals surface area contributed by atoms with Crippen molar-refractivity contribution in [2.45, 2.75) is 32.5 Å². The molecule has 0 aliphatic heterocycles. The Hall–Kier alpha value is -3.39. The Kier molecular flexibility index (Phi) is 6.18. The lowest BCUT2D eigenvalue weighted by Gasteiger charge is -2.12. The zero-order valence-corrected chi connectivity index (χ0v) is 18.6. The second kappa shape index (κ2) is 9.18. The number of amides is 1. The highest BCUT2D eigenvalue weighted by atomic mass is 32.2. The molecule has 0 aliphatic rings. The Morgan fingerprint density at radius 2 is 1.87 bits per heavy atom. The number of carbonyl (C=O) groups excluding carboxylic acids is 1. The maximum absolute atomic E-state index is 12.6. The summed E-state index contributed by atoms with van der Waals surface area (Å²) in [6.07, 6.45) is 1.69. The van der Waals surface area contributed by atoms with Gasteiger partial charge in [0.2, 0.25) is 5.91 Å². The van der Waals surface area contributed by atoms with E-state index in [-0.39, 0.29) is 11.7 Å². The van der Waals surface area contributed by atoms with E-state index < -0.39 is 0 Å². The monoisotopic (exact) mass is 432 g/mol. The van der Waals surface area contributed by atoms with Crippen LogP contribution in [0.2, 0.25) is 0 Å². The van der Waals surface area contributed by atoms with Gasteiger partial charge in [-0.3, -0.25) is 9.36 Å². The standard InChI is InChI=1S/C23H24N6OS/c1-16-7-6-9-19(13-16)14-28-21(11-12-24-28)25-22(30)15-31-23-27-26-18(3)29(23)20-10-5-4-8-17(20)2/h4-13H,14-15H2,1-3H3,(H,25,30). The summed E-state index contributed by atoms with van der Waals surface area (Å²) < 4.78 is 3.77. The van der Waals surface area contributed by atoms with E-state index in [0.29, 0.717) is 17.5 Å².